The van der Waals surface area contributed by atoms with E-state index in [2.05, 4.69) is 30.7 Å². The number of hydrogen-bond donors (Lipinski definition) is 3. The number of benzene rings is 2. The quantitative estimate of drug-likeness (QED) is 0.229. The van der Waals surface area contributed by atoms with Crippen molar-refractivity contribution >= 4 is 30.0 Å². The first-order chi connectivity index (χ1) is 19.9. The second-order valence-corrected chi connectivity index (χ2v) is 10.0. The van der Waals surface area contributed by atoms with Gasteiger partial charge in [0.25, 0.3) is 5.89 Å². The molecule has 206 valence electrons. The molecule has 0 aliphatic carbocycles. The van der Waals surface area contributed by atoms with Crippen molar-refractivity contribution in [1.29, 1.82) is 0 Å². The molecule has 11 nitrogen and oxygen atoms in total. The van der Waals surface area contributed by atoms with E-state index in [0.717, 1.165) is 22.3 Å². The predicted molar refractivity (Wildman–Crippen MR) is 155 cm³/mol. The van der Waals surface area contributed by atoms with Crippen molar-refractivity contribution in [2.24, 2.45) is 0 Å². The molecule has 4 heterocycles. The van der Waals surface area contributed by atoms with Crippen LogP contribution in [0.25, 0.3) is 23.0 Å². The van der Waals surface area contributed by atoms with Crippen LogP contribution in [0, 0.1) is 0 Å². The number of nitrogens with one attached hydrogen (secondary N) is 2. The molecule has 2 aromatic carbocycles. The molecule has 12 heteroatoms. The van der Waals surface area contributed by atoms with Crippen LogP contribution in [-0.4, -0.2) is 51.0 Å². The van der Waals surface area contributed by atoms with E-state index in [9.17, 15) is 5.11 Å². The van der Waals surface area contributed by atoms with Gasteiger partial charge in [-0.1, -0.05) is 47.6 Å². The van der Waals surface area contributed by atoms with E-state index in [-0.39, 0.29) is 12.5 Å². The minimum absolute atomic E-state index is 0.167. The fourth-order valence-electron chi connectivity index (χ4n) is 4.79. The van der Waals surface area contributed by atoms with Crippen molar-refractivity contribution in [2.45, 2.75) is 25.5 Å². The number of rotatable bonds is 9. The van der Waals surface area contributed by atoms with E-state index >= 15 is 0 Å². The zero-order valence-corrected chi connectivity index (χ0v) is 22.8. The molecular weight excluding hydrogens is 521 g/mol. The van der Waals surface area contributed by atoms with Crippen molar-refractivity contribution in [3.8, 4) is 23.0 Å². The summed E-state index contributed by atoms with van der Waals surface area (Å²) >= 11 is 0. The molecule has 3 N–H and O–H groups in total. The average Bonchev–Trinajstić information content (AvgIpc) is 3.59. The third-order valence-electron chi connectivity index (χ3n) is 6.86. The fraction of sp³-hybridized carbons (Fsp3) is 0.207. The summed E-state index contributed by atoms with van der Waals surface area (Å²) in [6, 6.07) is 20.5. The van der Waals surface area contributed by atoms with Crippen molar-refractivity contribution < 1.29 is 18.9 Å². The number of hydrogen-bond acceptors (Lipinski definition) is 11. The van der Waals surface area contributed by atoms with Crippen LogP contribution in [0.5, 0.6) is 0 Å². The van der Waals surface area contributed by atoms with Crippen LogP contribution >= 0.6 is 0 Å². The Morgan fingerprint density at radius 2 is 1.85 bits per heavy atom. The molecular formula is C29H28BN7O4. The van der Waals surface area contributed by atoms with Crippen LogP contribution in [0.1, 0.15) is 31.0 Å². The van der Waals surface area contributed by atoms with Gasteiger partial charge in [-0.25, -0.2) is 4.98 Å². The van der Waals surface area contributed by atoms with Crippen molar-refractivity contribution in [3.63, 3.8) is 0 Å². The summed E-state index contributed by atoms with van der Waals surface area (Å²) in [6.07, 6.45) is 3.27. The number of pyridine rings is 1. The van der Waals surface area contributed by atoms with E-state index in [0.29, 0.717) is 28.8 Å². The Balaban J connectivity index is 1.35. The lowest BCUT2D eigenvalue weighted by Crippen LogP contribution is -2.31. The topological polar surface area (TPSA) is 140 Å². The molecule has 3 aromatic heterocycles. The van der Waals surface area contributed by atoms with Crippen LogP contribution in [0.4, 0.5) is 17.5 Å². The largest absolute Gasteiger partial charge is 0.494 e. The number of anilines is 3. The fourth-order valence-corrected chi connectivity index (χ4v) is 4.79. The van der Waals surface area contributed by atoms with Crippen LogP contribution in [0.2, 0.25) is 0 Å². The van der Waals surface area contributed by atoms with Crippen molar-refractivity contribution in [2.75, 3.05) is 24.4 Å². The monoisotopic (exact) mass is 549 g/mol. The minimum atomic E-state index is -0.515. The molecule has 0 saturated heterocycles. The highest BCUT2D eigenvalue weighted by Gasteiger charge is 2.42. The molecule has 0 fully saturated rings. The Kier molecular flexibility index (Phi) is 7.18. The normalized spacial score (nSPS) is 14.5. The Morgan fingerprint density at radius 1 is 1.02 bits per heavy atom. The Morgan fingerprint density at radius 3 is 2.61 bits per heavy atom. The number of aromatic nitrogens is 5. The Labute approximate surface area is 237 Å². The maximum atomic E-state index is 10.2. The molecule has 1 aliphatic rings. The first kappa shape index (κ1) is 26.6. The molecule has 0 unspecified atom stereocenters. The van der Waals surface area contributed by atoms with Gasteiger partial charge in [0.1, 0.15) is 17.1 Å². The molecule has 0 bridgehead atoms. The van der Waals surface area contributed by atoms with Gasteiger partial charge >= 0.3 is 7.12 Å². The summed E-state index contributed by atoms with van der Waals surface area (Å²) in [6.45, 7) is 3.84. The maximum Gasteiger partial charge on any atom is 0.494 e. The lowest BCUT2D eigenvalue weighted by Gasteiger charge is -2.21. The maximum absolute atomic E-state index is 10.2. The van der Waals surface area contributed by atoms with Gasteiger partial charge in [0.2, 0.25) is 11.8 Å². The van der Waals surface area contributed by atoms with Crippen LogP contribution in [-0.2, 0) is 14.9 Å². The molecule has 0 spiro atoms. The van der Waals surface area contributed by atoms with E-state index in [1.807, 2.05) is 74.5 Å². The smallest absolute Gasteiger partial charge is 0.410 e. The van der Waals surface area contributed by atoms with Gasteiger partial charge in [0.15, 0.2) is 0 Å². The van der Waals surface area contributed by atoms with E-state index < -0.39 is 18.8 Å². The van der Waals surface area contributed by atoms with Gasteiger partial charge in [0, 0.05) is 25.2 Å². The molecule has 41 heavy (non-hydrogen) atoms. The predicted octanol–water partition coefficient (Wildman–Crippen LogP) is 4.08. The summed E-state index contributed by atoms with van der Waals surface area (Å²) in [5.41, 5.74) is 4.21. The summed E-state index contributed by atoms with van der Waals surface area (Å²) in [5, 5.41) is 21.0. The highest BCUT2D eigenvalue weighted by molar-refractivity contribution is 6.63. The average molecular weight is 549 g/mol. The van der Waals surface area contributed by atoms with Crippen LogP contribution in [0.15, 0.2) is 83.6 Å². The number of fused-ring (bicyclic) bond motifs is 1. The van der Waals surface area contributed by atoms with Crippen LogP contribution in [0.3, 0.4) is 0 Å². The van der Waals surface area contributed by atoms with Crippen molar-refractivity contribution in [1.82, 2.24) is 25.1 Å². The number of aliphatic hydroxyl groups is 1. The van der Waals surface area contributed by atoms with Gasteiger partial charge in [-0.2, -0.15) is 9.97 Å². The highest BCUT2D eigenvalue weighted by Crippen LogP contribution is 2.34. The van der Waals surface area contributed by atoms with Gasteiger partial charge in [-0.05, 0) is 54.7 Å². The SMILES string of the molecule is COB1OC(C)(C)c2cc(Nc3ncc(-c4nc(-c5ccccn5)no4)c(N[C@H](CO)c4ccccc4)n3)ccc21. The standard InChI is InChI=1S/C29H28BN7O4/c1-29(2)21-15-19(12-13-22(21)30(39-3)41-29)33-28-32-16-20(27-35-26(37-40-27)23-11-7-8-14-31-23)25(36-28)34-24(17-38)18-9-5-4-6-10-18/h4-16,24,38H,17H2,1-3H3,(H2,32,33,34,36)/t24-/m1/s1. The second kappa shape index (κ2) is 11.1. The highest BCUT2D eigenvalue weighted by atomic mass is 16.6. The number of aliphatic hydroxyl groups excluding tert-OH is 1. The minimum Gasteiger partial charge on any atom is -0.410 e. The van der Waals surface area contributed by atoms with Gasteiger partial charge < -0.3 is 29.6 Å². The Bertz CT molecular complexity index is 1650. The summed E-state index contributed by atoms with van der Waals surface area (Å²) in [4.78, 5) is 18.1. The third-order valence-corrected chi connectivity index (χ3v) is 6.86. The molecule has 1 aliphatic heterocycles. The van der Waals surface area contributed by atoms with Crippen LogP contribution < -0.4 is 16.1 Å². The van der Waals surface area contributed by atoms with E-state index in [4.69, 9.17) is 18.8 Å². The van der Waals surface area contributed by atoms with Gasteiger partial charge in [-0.3, -0.25) is 4.98 Å². The van der Waals surface area contributed by atoms with Crippen molar-refractivity contribution in [3.05, 3.63) is 90.3 Å². The summed E-state index contributed by atoms with van der Waals surface area (Å²) < 4.78 is 17.1. The molecule has 0 saturated carbocycles. The lowest BCUT2D eigenvalue weighted by molar-refractivity contribution is 0.0930. The first-order valence-electron chi connectivity index (χ1n) is 13.1. The molecule has 1 atom stereocenters. The molecule has 0 amide bonds. The summed E-state index contributed by atoms with van der Waals surface area (Å²) in [7, 11) is 1.21. The zero-order valence-electron chi connectivity index (χ0n) is 22.8. The molecule has 5 aromatic rings. The molecule has 0 radical (unpaired) electrons. The van der Waals surface area contributed by atoms with Gasteiger partial charge in [0.05, 0.1) is 18.2 Å². The zero-order chi connectivity index (χ0) is 28.4. The van der Waals surface area contributed by atoms with Gasteiger partial charge in [-0.15, -0.1) is 0 Å². The van der Waals surface area contributed by atoms with E-state index in [1.165, 1.54) is 0 Å². The first-order valence-corrected chi connectivity index (χ1v) is 13.1. The lowest BCUT2D eigenvalue weighted by atomic mass is 9.77. The second-order valence-electron chi connectivity index (χ2n) is 10.0. The van der Waals surface area contributed by atoms with E-state index in [1.54, 1.807) is 25.6 Å². The summed E-state index contributed by atoms with van der Waals surface area (Å²) in [5.74, 6) is 1.30. The number of nitrogens with zero attached hydrogens (tertiary/aromatic N) is 5. The third kappa shape index (κ3) is 5.40. The molecule has 6 rings (SSSR count). The Hall–Kier alpha value is -4.65.